The maximum Gasteiger partial charge on any atom is 0.279 e. The second kappa shape index (κ2) is 5.04. The van der Waals surface area contributed by atoms with E-state index in [1.807, 2.05) is 0 Å². The summed E-state index contributed by atoms with van der Waals surface area (Å²) in [4.78, 5) is 11.3. The predicted octanol–water partition coefficient (Wildman–Crippen LogP) is 0.920. The summed E-state index contributed by atoms with van der Waals surface area (Å²) < 4.78 is 28.1. The van der Waals surface area contributed by atoms with Gasteiger partial charge in [-0.1, -0.05) is 0 Å². The molecule has 0 aromatic heterocycles. The Bertz CT molecular complexity index is 384. The van der Waals surface area contributed by atoms with Crippen LogP contribution < -0.4 is 4.72 Å². The van der Waals surface area contributed by atoms with Crippen LogP contribution in [0.4, 0.5) is 0 Å². The summed E-state index contributed by atoms with van der Waals surface area (Å²) in [7, 11) is -3.48. The number of carbonyl (C=O) groups excluding carboxylic acids is 1. The number of hydrogen-bond donors (Lipinski definition) is 1. The quantitative estimate of drug-likeness (QED) is 0.822. The summed E-state index contributed by atoms with van der Waals surface area (Å²) in [5.41, 5.74) is -0.498. The molecule has 0 spiro atoms. The molecule has 1 N–H and O–H groups in total. The first-order valence-corrected chi connectivity index (χ1v) is 7.35. The normalized spacial score (nSPS) is 23.6. The van der Waals surface area contributed by atoms with Gasteiger partial charge in [0, 0.05) is 24.5 Å². The summed E-state index contributed by atoms with van der Waals surface area (Å²) in [5.74, 6) is -0.0825. The Hall–Kier alpha value is -0.460. The number of carbonyl (C=O) groups is 1. The minimum atomic E-state index is -3.48. The topological polar surface area (TPSA) is 66.5 Å². The van der Waals surface area contributed by atoms with Crippen LogP contribution in [0.3, 0.4) is 0 Å². The van der Waals surface area contributed by atoms with E-state index in [1.54, 1.807) is 20.8 Å². The predicted molar refractivity (Wildman–Crippen MR) is 66.8 cm³/mol. The third-order valence-electron chi connectivity index (χ3n) is 2.73. The third kappa shape index (κ3) is 4.37. The van der Waals surface area contributed by atoms with Gasteiger partial charge in [0.1, 0.15) is 5.78 Å². The smallest absolute Gasteiger partial charge is 0.279 e. The van der Waals surface area contributed by atoms with Gasteiger partial charge in [-0.2, -0.15) is 17.4 Å². The monoisotopic (exact) mass is 262 g/mol. The van der Waals surface area contributed by atoms with Gasteiger partial charge in [-0.05, 0) is 40.5 Å². The fourth-order valence-corrected chi connectivity index (χ4v) is 3.59. The van der Waals surface area contributed by atoms with Crippen molar-refractivity contribution in [2.45, 2.75) is 46.1 Å². The Morgan fingerprint density at radius 1 is 1.35 bits per heavy atom. The number of piperidine rings is 1. The average molecular weight is 262 g/mol. The van der Waals surface area contributed by atoms with Crippen LogP contribution in [-0.2, 0) is 15.0 Å². The maximum absolute atomic E-state index is 12.1. The Labute approximate surface area is 104 Å². The number of nitrogens with one attached hydrogen (secondary N) is 1. The van der Waals surface area contributed by atoms with Crippen molar-refractivity contribution in [3.8, 4) is 0 Å². The van der Waals surface area contributed by atoms with Crippen LogP contribution in [0.1, 0.15) is 40.5 Å². The van der Waals surface area contributed by atoms with Crippen molar-refractivity contribution in [2.75, 3.05) is 13.1 Å². The summed E-state index contributed by atoms with van der Waals surface area (Å²) >= 11 is 0. The van der Waals surface area contributed by atoms with E-state index in [0.717, 1.165) is 12.8 Å². The lowest BCUT2D eigenvalue weighted by atomic mass is 9.96. The van der Waals surface area contributed by atoms with Gasteiger partial charge in [0.05, 0.1) is 0 Å². The number of rotatable bonds is 3. The summed E-state index contributed by atoms with van der Waals surface area (Å²) in [6, 6.07) is 0. The van der Waals surface area contributed by atoms with E-state index in [2.05, 4.69) is 4.72 Å². The van der Waals surface area contributed by atoms with Crippen molar-refractivity contribution in [3.63, 3.8) is 0 Å². The molecule has 1 heterocycles. The zero-order chi connectivity index (χ0) is 13.3. The Morgan fingerprint density at radius 2 is 1.94 bits per heavy atom. The van der Waals surface area contributed by atoms with Gasteiger partial charge in [0.25, 0.3) is 10.2 Å². The van der Waals surface area contributed by atoms with Gasteiger partial charge in [0.15, 0.2) is 0 Å². The van der Waals surface area contributed by atoms with Crippen molar-refractivity contribution < 1.29 is 13.2 Å². The second-order valence-corrected chi connectivity index (χ2v) is 7.34. The molecule has 0 aromatic carbocycles. The van der Waals surface area contributed by atoms with Crippen LogP contribution in [0, 0.1) is 5.92 Å². The van der Waals surface area contributed by atoms with Crippen LogP contribution in [0.25, 0.3) is 0 Å². The lowest BCUT2D eigenvalue weighted by Crippen LogP contribution is -2.52. The lowest BCUT2D eigenvalue weighted by molar-refractivity contribution is -0.121. The van der Waals surface area contributed by atoms with Crippen molar-refractivity contribution in [3.05, 3.63) is 0 Å². The van der Waals surface area contributed by atoms with Crippen LogP contribution in [0.15, 0.2) is 0 Å². The molecule has 6 heteroatoms. The second-order valence-electron chi connectivity index (χ2n) is 5.66. The molecule has 1 rings (SSSR count). The Kier molecular flexibility index (Phi) is 4.33. The molecule has 1 atom stereocenters. The molecular formula is C11H22N2O3S. The first kappa shape index (κ1) is 14.6. The average Bonchev–Trinajstić information content (AvgIpc) is 2.14. The van der Waals surface area contributed by atoms with E-state index in [4.69, 9.17) is 0 Å². The molecule has 0 saturated carbocycles. The zero-order valence-corrected chi connectivity index (χ0v) is 11.8. The lowest BCUT2D eigenvalue weighted by Gasteiger charge is -2.33. The van der Waals surface area contributed by atoms with Crippen LogP contribution in [0.2, 0.25) is 0 Å². The highest BCUT2D eigenvalue weighted by molar-refractivity contribution is 7.87. The number of hydrogen-bond acceptors (Lipinski definition) is 3. The van der Waals surface area contributed by atoms with Gasteiger partial charge < -0.3 is 0 Å². The highest BCUT2D eigenvalue weighted by Crippen LogP contribution is 2.20. The first-order valence-electron chi connectivity index (χ1n) is 5.91. The van der Waals surface area contributed by atoms with E-state index in [-0.39, 0.29) is 11.7 Å². The Morgan fingerprint density at radius 3 is 2.41 bits per heavy atom. The molecule has 0 radical (unpaired) electrons. The largest absolute Gasteiger partial charge is 0.300 e. The van der Waals surface area contributed by atoms with Crippen molar-refractivity contribution >= 4 is 16.0 Å². The highest BCUT2D eigenvalue weighted by atomic mass is 32.2. The summed E-state index contributed by atoms with van der Waals surface area (Å²) in [6.07, 6.45) is 1.53. The molecule has 0 bridgehead atoms. The minimum absolute atomic E-state index is 0.0701. The van der Waals surface area contributed by atoms with E-state index in [0.29, 0.717) is 13.1 Å². The standard InChI is InChI=1S/C11H22N2O3S/c1-9(14)10-6-5-7-13(8-10)17(15,16)12-11(2,3)4/h10,12H,5-8H2,1-4H3. The molecule has 0 aromatic rings. The fourth-order valence-electron chi connectivity index (χ4n) is 1.94. The molecule has 100 valence electrons. The van der Waals surface area contributed by atoms with Crippen LogP contribution in [-0.4, -0.2) is 37.1 Å². The van der Waals surface area contributed by atoms with Crippen molar-refractivity contribution in [2.24, 2.45) is 5.92 Å². The molecule has 0 amide bonds. The van der Waals surface area contributed by atoms with Gasteiger partial charge in [-0.3, -0.25) is 4.79 Å². The molecular weight excluding hydrogens is 240 g/mol. The van der Waals surface area contributed by atoms with E-state index < -0.39 is 15.7 Å². The van der Waals surface area contributed by atoms with Gasteiger partial charge >= 0.3 is 0 Å². The summed E-state index contributed by atoms with van der Waals surface area (Å²) in [6.45, 7) is 7.73. The molecule has 1 fully saturated rings. The number of nitrogens with zero attached hydrogens (tertiary/aromatic N) is 1. The molecule has 1 unspecified atom stereocenters. The number of Topliss-reactive ketones (excluding diaryl/α,β-unsaturated/α-hetero) is 1. The minimum Gasteiger partial charge on any atom is -0.300 e. The third-order valence-corrected chi connectivity index (χ3v) is 4.62. The first-order chi connectivity index (χ1) is 7.62. The van der Waals surface area contributed by atoms with Crippen LogP contribution >= 0.6 is 0 Å². The van der Waals surface area contributed by atoms with Gasteiger partial charge in [-0.25, -0.2) is 0 Å². The van der Waals surface area contributed by atoms with Gasteiger partial charge in [-0.15, -0.1) is 0 Å². The van der Waals surface area contributed by atoms with E-state index in [1.165, 1.54) is 11.2 Å². The van der Waals surface area contributed by atoms with Gasteiger partial charge in [0.2, 0.25) is 0 Å². The van der Waals surface area contributed by atoms with Crippen molar-refractivity contribution in [1.82, 2.24) is 9.03 Å². The number of ketones is 1. The summed E-state index contributed by atoms with van der Waals surface area (Å²) in [5, 5.41) is 0. The SMILES string of the molecule is CC(=O)C1CCCN(S(=O)(=O)NC(C)(C)C)C1. The Balaban J connectivity index is 2.75. The molecule has 1 saturated heterocycles. The van der Waals surface area contributed by atoms with E-state index in [9.17, 15) is 13.2 Å². The molecule has 1 aliphatic rings. The van der Waals surface area contributed by atoms with E-state index >= 15 is 0 Å². The molecule has 17 heavy (non-hydrogen) atoms. The fraction of sp³-hybridized carbons (Fsp3) is 0.909. The van der Waals surface area contributed by atoms with Crippen LogP contribution in [0.5, 0.6) is 0 Å². The highest BCUT2D eigenvalue weighted by Gasteiger charge is 2.32. The molecule has 1 aliphatic heterocycles. The molecule has 0 aliphatic carbocycles. The van der Waals surface area contributed by atoms with Crippen molar-refractivity contribution in [1.29, 1.82) is 0 Å². The maximum atomic E-state index is 12.1. The molecule has 5 nitrogen and oxygen atoms in total. The zero-order valence-electron chi connectivity index (χ0n) is 11.0.